The first-order valence-corrected chi connectivity index (χ1v) is 6.73. The van der Waals surface area contributed by atoms with Gasteiger partial charge in [0.2, 0.25) is 0 Å². The lowest BCUT2D eigenvalue weighted by Gasteiger charge is -2.13. The summed E-state index contributed by atoms with van der Waals surface area (Å²) in [5.74, 6) is 0.520. The molecule has 0 bridgehead atoms. The molecule has 2 aromatic rings. The van der Waals surface area contributed by atoms with Crippen molar-refractivity contribution in [2.24, 2.45) is 5.73 Å². The highest BCUT2D eigenvalue weighted by Gasteiger charge is 2.09. The molecule has 0 saturated carbocycles. The van der Waals surface area contributed by atoms with Crippen LogP contribution < -0.4 is 10.5 Å². The molecule has 2 rings (SSSR count). The van der Waals surface area contributed by atoms with Gasteiger partial charge in [0.1, 0.15) is 11.6 Å². The average molecular weight is 324 g/mol. The van der Waals surface area contributed by atoms with Crippen LogP contribution in [0.15, 0.2) is 46.9 Å². The van der Waals surface area contributed by atoms with Crippen molar-refractivity contribution < 1.29 is 9.13 Å². The zero-order valence-corrected chi connectivity index (χ0v) is 12.2. The van der Waals surface area contributed by atoms with Crippen molar-refractivity contribution in [3.05, 3.63) is 63.9 Å². The molecule has 1 unspecified atom stereocenters. The van der Waals surface area contributed by atoms with Gasteiger partial charge in [-0.3, -0.25) is 0 Å². The van der Waals surface area contributed by atoms with Gasteiger partial charge in [-0.05, 0) is 57.7 Å². The van der Waals surface area contributed by atoms with E-state index in [-0.39, 0.29) is 11.9 Å². The summed E-state index contributed by atoms with van der Waals surface area (Å²) < 4.78 is 18.8. The van der Waals surface area contributed by atoms with Gasteiger partial charge in [0.25, 0.3) is 0 Å². The van der Waals surface area contributed by atoms with E-state index in [0.29, 0.717) is 10.9 Å². The number of benzene rings is 2. The third kappa shape index (κ3) is 3.55. The largest absolute Gasteiger partial charge is 0.497 e. The van der Waals surface area contributed by atoms with E-state index in [1.165, 1.54) is 6.07 Å². The normalized spacial score (nSPS) is 12.2. The van der Waals surface area contributed by atoms with Crippen molar-refractivity contribution in [1.82, 2.24) is 0 Å². The number of methoxy groups -OCH3 is 1. The molecule has 0 fully saturated rings. The van der Waals surface area contributed by atoms with Gasteiger partial charge in [-0.2, -0.15) is 0 Å². The fraction of sp³-hybridized carbons (Fsp3) is 0.200. The minimum absolute atomic E-state index is 0.146. The van der Waals surface area contributed by atoms with Gasteiger partial charge in [-0.1, -0.05) is 18.2 Å². The molecule has 100 valence electrons. The minimum Gasteiger partial charge on any atom is -0.497 e. The van der Waals surface area contributed by atoms with Gasteiger partial charge in [0, 0.05) is 6.04 Å². The second kappa shape index (κ2) is 6.17. The number of rotatable bonds is 4. The highest BCUT2D eigenvalue weighted by atomic mass is 79.9. The first-order chi connectivity index (χ1) is 9.10. The van der Waals surface area contributed by atoms with Gasteiger partial charge in [-0.15, -0.1) is 0 Å². The summed E-state index contributed by atoms with van der Waals surface area (Å²) in [6.45, 7) is 0. The van der Waals surface area contributed by atoms with Crippen molar-refractivity contribution in [1.29, 1.82) is 0 Å². The fourth-order valence-electron chi connectivity index (χ4n) is 1.91. The lowest BCUT2D eigenvalue weighted by Crippen LogP contribution is -2.13. The Morgan fingerprint density at radius 2 is 2.05 bits per heavy atom. The molecule has 4 heteroatoms. The van der Waals surface area contributed by atoms with Gasteiger partial charge in [0.05, 0.1) is 11.6 Å². The summed E-state index contributed by atoms with van der Waals surface area (Å²) in [5.41, 5.74) is 8.16. The summed E-state index contributed by atoms with van der Waals surface area (Å²) in [7, 11) is 1.63. The van der Waals surface area contributed by atoms with E-state index in [4.69, 9.17) is 10.5 Å². The van der Waals surface area contributed by atoms with Crippen molar-refractivity contribution >= 4 is 15.9 Å². The van der Waals surface area contributed by atoms with Gasteiger partial charge in [-0.25, -0.2) is 4.39 Å². The fourth-order valence-corrected chi connectivity index (χ4v) is 2.34. The quantitative estimate of drug-likeness (QED) is 0.927. The first-order valence-electron chi connectivity index (χ1n) is 5.93. The van der Waals surface area contributed by atoms with Crippen molar-refractivity contribution in [2.45, 2.75) is 12.5 Å². The van der Waals surface area contributed by atoms with Crippen molar-refractivity contribution in [3.8, 4) is 5.75 Å². The Morgan fingerprint density at radius 3 is 2.74 bits per heavy atom. The van der Waals surface area contributed by atoms with Crippen LogP contribution in [-0.2, 0) is 6.42 Å². The van der Waals surface area contributed by atoms with Crippen molar-refractivity contribution in [3.63, 3.8) is 0 Å². The Labute approximate surface area is 120 Å². The van der Waals surface area contributed by atoms with E-state index in [2.05, 4.69) is 15.9 Å². The molecule has 2 N–H and O–H groups in total. The van der Waals surface area contributed by atoms with Gasteiger partial charge >= 0.3 is 0 Å². The van der Waals surface area contributed by atoms with Crippen LogP contribution in [0.5, 0.6) is 5.75 Å². The van der Waals surface area contributed by atoms with E-state index in [0.717, 1.165) is 16.9 Å². The second-order valence-electron chi connectivity index (χ2n) is 4.34. The van der Waals surface area contributed by atoms with Crippen LogP contribution in [0.25, 0.3) is 0 Å². The molecule has 0 saturated heterocycles. The van der Waals surface area contributed by atoms with Crippen LogP contribution in [0.1, 0.15) is 17.2 Å². The summed E-state index contributed by atoms with van der Waals surface area (Å²) in [4.78, 5) is 0. The topological polar surface area (TPSA) is 35.2 Å². The second-order valence-corrected chi connectivity index (χ2v) is 5.19. The van der Waals surface area contributed by atoms with Crippen LogP contribution >= 0.6 is 15.9 Å². The Balaban J connectivity index is 2.15. The smallest absolute Gasteiger partial charge is 0.137 e. The molecule has 0 heterocycles. The standard InChI is InChI=1S/C15H15BrFNO/c1-19-12-4-2-3-11(9-12)15(18)8-10-5-6-14(17)13(16)7-10/h2-7,9,15H,8,18H2,1H3. The summed E-state index contributed by atoms with van der Waals surface area (Å²) >= 11 is 3.18. The molecular weight excluding hydrogens is 309 g/mol. The highest BCUT2D eigenvalue weighted by Crippen LogP contribution is 2.23. The molecule has 0 aliphatic rings. The number of nitrogens with two attached hydrogens (primary N) is 1. The molecule has 2 nitrogen and oxygen atoms in total. The highest BCUT2D eigenvalue weighted by molar-refractivity contribution is 9.10. The Morgan fingerprint density at radius 1 is 1.26 bits per heavy atom. The predicted molar refractivity (Wildman–Crippen MR) is 77.7 cm³/mol. The first kappa shape index (κ1) is 14.0. The van der Waals surface area contributed by atoms with Crippen LogP contribution in [0.3, 0.4) is 0 Å². The molecule has 0 amide bonds. The van der Waals surface area contributed by atoms with Gasteiger partial charge in [0.15, 0.2) is 0 Å². The van der Waals surface area contributed by atoms with E-state index >= 15 is 0 Å². The van der Waals surface area contributed by atoms with Crippen LogP contribution in [0, 0.1) is 5.82 Å². The minimum atomic E-state index is -0.265. The molecule has 1 atom stereocenters. The summed E-state index contributed by atoms with van der Waals surface area (Å²) in [5, 5.41) is 0. The van der Waals surface area contributed by atoms with Gasteiger partial charge < -0.3 is 10.5 Å². The van der Waals surface area contributed by atoms with E-state index < -0.39 is 0 Å². The molecule has 0 aromatic heterocycles. The molecule has 2 aromatic carbocycles. The van der Waals surface area contributed by atoms with E-state index in [1.807, 2.05) is 24.3 Å². The molecular formula is C15H15BrFNO. The maximum atomic E-state index is 13.2. The van der Waals surface area contributed by atoms with E-state index in [9.17, 15) is 4.39 Å². The number of ether oxygens (including phenoxy) is 1. The number of halogens is 2. The maximum Gasteiger partial charge on any atom is 0.137 e. The maximum absolute atomic E-state index is 13.2. The third-order valence-electron chi connectivity index (χ3n) is 2.96. The lowest BCUT2D eigenvalue weighted by atomic mass is 9.99. The summed E-state index contributed by atoms with van der Waals surface area (Å²) in [6.07, 6.45) is 0.645. The molecule has 0 spiro atoms. The zero-order chi connectivity index (χ0) is 13.8. The predicted octanol–water partition coefficient (Wildman–Crippen LogP) is 3.84. The Bertz CT molecular complexity index is 574. The van der Waals surface area contributed by atoms with Crippen molar-refractivity contribution in [2.75, 3.05) is 7.11 Å². The Kier molecular flexibility index (Phi) is 4.56. The Hall–Kier alpha value is -1.39. The monoisotopic (exact) mass is 323 g/mol. The third-order valence-corrected chi connectivity index (χ3v) is 3.57. The average Bonchev–Trinajstić information content (AvgIpc) is 2.43. The number of hydrogen-bond acceptors (Lipinski definition) is 2. The SMILES string of the molecule is COc1cccc(C(N)Cc2ccc(F)c(Br)c2)c1. The molecule has 0 radical (unpaired) electrons. The van der Waals surface area contributed by atoms with Crippen LogP contribution in [-0.4, -0.2) is 7.11 Å². The summed E-state index contributed by atoms with van der Waals surface area (Å²) in [6, 6.07) is 12.5. The lowest BCUT2D eigenvalue weighted by molar-refractivity contribution is 0.414. The molecule has 19 heavy (non-hydrogen) atoms. The van der Waals surface area contributed by atoms with E-state index in [1.54, 1.807) is 19.2 Å². The zero-order valence-electron chi connectivity index (χ0n) is 10.6. The molecule has 0 aliphatic heterocycles. The molecule has 0 aliphatic carbocycles. The van der Waals surface area contributed by atoms with Crippen LogP contribution in [0.4, 0.5) is 4.39 Å². The van der Waals surface area contributed by atoms with Crippen LogP contribution in [0.2, 0.25) is 0 Å². The number of hydrogen-bond donors (Lipinski definition) is 1.